The molecule has 6 nitrogen and oxygen atoms in total. The lowest BCUT2D eigenvalue weighted by Crippen LogP contribution is -2.41. The summed E-state index contributed by atoms with van der Waals surface area (Å²) in [5.41, 5.74) is 1.72. The molecule has 0 fully saturated rings. The molecule has 2 rings (SSSR count). The molecule has 2 atom stereocenters. The summed E-state index contributed by atoms with van der Waals surface area (Å²) in [6.07, 6.45) is 2.46. The molecule has 0 amide bonds. The summed E-state index contributed by atoms with van der Waals surface area (Å²) < 4.78 is 39.4. The Morgan fingerprint density at radius 2 is 1.42 bits per heavy atom. The molecule has 0 spiro atoms. The van der Waals surface area contributed by atoms with E-state index in [4.69, 9.17) is 9.47 Å². The Labute approximate surface area is 186 Å². The van der Waals surface area contributed by atoms with E-state index in [-0.39, 0.29) is 32.0 Å². The number of benzene rings is 2. The first-order valence-corrected chi connectivity index (χ1v) is 11.8. The molecule has 0 aliphatic carbocycles. The van der Waals surface area contributed by atoms with Crippen molar-refractivity contribution in [1.82, 2.24) is 4.31 Å². The Morgan fingerprint density at radius 3 is 1.77 bits per heavy atom. The van der Waals surface area contributed by atoms with Gasteiger partial charge in [0.05, 0.1) is 19.5 Å². The monoisotopic (exact) mass is 447 g/mol. The van der Waals surface area contributed by atoms with Crippen LogP contribution in [0, 0.1) is 5.92 Å². The highest BCUT2D eigenvalue weighted by molar-refractivity contribution is 7.89. The first-order chi connectivity index (χ1) is 14.8. The zero-order valence-electron chi connectivity index (χ0n) is 18.5. The summed E-state index contributed by atoms with van der Waals surface area (Å²) in [7, 11) is -0.525. The molecule has 170 valence electrons. The Bertz CT molecular complexity index is 860. The van der Waals surface area contributed by atoms with Crippen LogP contribution in [0.5, 0.6) is 11.5 Å². The van der Waals surface area contributed by atoms with E-state index in [9.17, 15) is 13.5 Å². The number of methoxy groups -OCH3 is 2. The van der Waals surface area contributed by atoms with Gasteiger partial charge in [-0.25, -0.2) is 8.42 Å². The van der Waals surface area contributed by atoms with Crippen molar-refractivity contribution in [2.75, 3.05) is 20.8 Å². The highest BCUT2D eigenvalue weighted by Crippen LogP contribution is 2.27. The fourth-order valence-electron chi connectivity index (χ4n) is 3.57. The van der Waals surface area contributed by atoms with Crippen LogP contribution in [-0.4, -0.2) is 43.9 Å². The maximum absolute atomic E-state index is 13.7. The molecule has 1 N–H and O–H groups in total. The van der Waals surface area contributed by atoms with Gasteiger partial charge < -0.3 is 14.6 Å². The Hall–Kier alpha value is -2.35. The lowest BCUT2D eigenvalue weighted by atomic mass is 10.0. The van der Waals surface area contributed by atoms with E-state index in [0.717, 1.165) is 11.1 Å². The smallest absolute Gasteiger partial charge is 0.217 e. The zero-order valence-corrected chi connectivity index (χ0v) is 19.3. The summed E-state index contributed by atoms with van der Waals surface area (Å²) in [6, 6.07) is 14.7. The molecule has 0 aliphatic heterocycles. The van der Waals surface area contributed by atoms with Crippen LogP contribution in [0.25, 0.3) is 0 Å². The van der Waals surface area contributed by atoms with Gasteiger partial charge in [-0.15, -0.1) is 6.58 Å². The van der Waals surface area contributed by atoms with Gasteiger partial charge >= 0.3 is 0 Å². The molecule has 0 radical (unpaired) electrons. The molecular weight excluding hydrogens is 414 g/mol. The third-order valence-electron chi connectivity index (χ3n) is 5.37. The van der Waals surface area contributed by atoms with E-state index in [1.54, 1.807) is 20.3 Å². The van der Waals surface area contributed by atoms with Crippen molar-refractivity contribution in [2.24, 2.45) is 5.92 Å². The van der Waals surface area contributed by atoms with E-state index in [1.165, 1.54) is 4.31 Å². The van der Waals surface area contributed by atoms with Gasteiger partial charge in [0, 0.05) is 19.7 Å². The predicted octanol–water partition coefficient (Wildman–Crippen LogP) is 4.00. The van der Waals surface area contributed by atoms with Gasteiger partial charge in [-0.2, -0.15) is 4.31 Å². The van der Waals surface area contributed by atoms with E-state index >= 15 is 0 Å². The van der Waals surface area contributed by atoms with E-state index in [0.29, 0.717) is 17.9 Å². The van der Waals surface area contributed by atoms with Gasteiger partial charge in [-0.3, -0.25) is 0 Å². The van der Waals surface area contributed by atoms with Crippen LogP contribution in [0.3, 0.4) is 0 Å². The third-order valence-corrected chi connectivity index (χ3v) is 7.81. The number of ether oxygens (including phenoxy) is 2. The molecule has 0 bridgehead atoms. The Balaban J connectivity index is 2.39. The number of rotatable bonds is 13. The van der Waals surface area contributed by atoms with Crippen LogP contribution in [0.15, 0.2) is 61.2 Å². The van der Waals surface area contributed by atoms with Crippen molar-refractivity contribution in [3.63, 3.8) is 0 Å². The number of allylic oxidation sites excluding steroid dienone is 1. The van der Waals surface area contributed by atoms with Gasteiger partial charge in [-0.05, 0) is 54.2 Å². The number of hydrogen-bond donors (Lipinski definition) is 1. The largest absolute Gasteiger partial charge is 0.497 e. The van der Waals surface area contributed by atoms with Crippen LogP contribution in [-0.2, 0) is 23.1 Å². The van der Waals surface area contributed by atoms with Crippen molar-refractivity contribution in [2.45, 2.75) is 38.1 Å². The SMILES string of the molecule is C=CC[C@@H](C)[C@@H](CCO)S(=O)(=O)N(Cc1ccc(OC)cc1)Cc1ccc(OC)cc1. The highest BCUT2D eigenvalue weighted by atomic mass is 32.2. The summed E-state index contributed by atoms with van der Waals surface area (Å²) in [5, 5.41) is 8.86. The second-order valence-corrected chi connectivity index (χ2v) is 9.71. The molecule has 2 aromatic rings. The molecule has 7 heteroatoms. The van der Waals surface area contributed by atoms with Gasteiger partial charge in [0.15, 0.2) is 0 Å². The summed E-state index contributed by atoms with van der Waals surface area (Å²) >= 11 is 0. The van der Waals surface area contributed by atoms with Crippen LogP contribution in [0.1, 0.15) is 30.9 Å². The Kier molecular flexibility index (Phi) is 9.55. The first-order valence-electron chi connectivity index (χ1n) is 10.3. The second kappa shape index (κ2) is 11.9. The fraction of sp³-hybridized carbons (Fsp3) is 0.417. The minimum absolute atomic E-state index is 0.163. The minimum Gasteiger partial charge on any atom is -0.497 e. The van der Waals surface area contributed by atoms with Crippen molar-refractivity contribution in [3.8, 4) is 11.5 Å². The molecule has 0 aliphatic rings. The molecule has 0 heterocycles. The van der Waals surface area contributed by atoms with Crippen LogP contribution in [0.4, 0.5) is 0 Å². The number of aliphatic hydroxyl groups is 1. The van der Waals surface area contributed by atoms with Crippen LogP contribution in [0.2, 0.25) is 0 Å². The van der Waals surface area contributed by atoms with E-state index in [2.05, 4.69) is 6.58 Å². The molecule has 0 unspecified atom stereocenters. The molecule has 2 aromatic carbocycles. The maximum Gasteiger partial charge on any atom is 0.217 e. The van der Waals surface area contributed by atoms with Crippen molar-refractivity contribution < 1.29 is 23.0 Å². The summed E-state index contributed by atoms with van der Waals surface area (Å²) in [4.78, 5) is 0. The lowest BCUT2D eigenvalue weighted by Gasteiger charge is -2.30. The van der Waals surface area contributed by atoms with Gasteiger partial charge in [0.25, 0.3) is 0 Å². The quantitative estimate of drug-likeness (QED) is 0.470. The molecular formula is C24H33NO5S. The second-order valence-electron chi connectivity index (χ2n) is 7.56. The average Bonchev–Trinajstić information content (AvgIpc) is 2.78. The molecule has 0 aromatic heterocycles. The van der Waals surface area contributed by atoms with Crippen molar-refractivity contribution in [1.29, 1.82) is 0 Å². The number of aliphatic hydroxyl groups excluding tert-OH is 1. The van der Waals surface area contributed by atoms with Gasteiger partial charge in [-0.1, -0.05) is 37.3 Å². The lowest BCUT2D eigenvalue weighted by molar-refractivity contribution is 0.269. The molecule has 0 saturated heterocycles. The number of hydrogen-bond acceptors (Lipinski definition) is 5. The van der Waals surface area contributed by atoms with Crippen molar-refractivity contribution in [3.05, 3.63) is 72.3 Å². The number of sulfonamides is 1. The minimum atomic E-state index is -3.71. The van der Waals surface area contributed by atoms with Gasteiger partial charge in [0.2, 0.25) is 10.0 Å². The van der Waals surface area contributed by atoms with Gasteiger partial charge in [0.1, 0.15) is 11.5 Å². The first kappa shape index (κ1) is 24.9. The normalized spacial score (nSPS) is 13.6. The van der Waals surface area contributed by atoms with E-state index < -0.39 is 15.3 Å². The zero-order chi connectivity index (χ0) is 22.9. The number of nitrogens with zero attached hydrogens (tertiary/aromatic N) is 1. The average molecular weight is 448 g/mol. The fourth-order valence-corrected chi connectivity index (χ4v) is 5.71. The van der Waals surface area contributed by atoms with Crippen molar-refractivity contribution >= 4 is 10.0 Å². The van der Waals surface area contributed by atoms with Crippen LogP contribution < -0.4 is 9.47 Å². The Morgan fingerprint density at radius 1 is 0.968 bits per heavy atom. The third kappa shape index (κ3) is 6.82. The topological polar surface area (TPSA) is 76.1 Å². The molecule has 0 saturated carbocycles. The summed E-state index contributed by atoms with van der Waals surface area (Å²) in [6.45, 7) is 5.89. The predicted molar refractivity (Wildman–Crippen MR) is 124 cm³/mol. The maximum atomic E-state index is 13.7. The van der Waals surface area contributed by atoms with Crippen LogP contribution >= 0.6 is 0 Å². The van der Waals surface area contributed by atoms with E-state index in [1.807, 2.05) is 55.5 Å². The summed E-state index contributed by atoms with van der Waals surface area (Å²) in [5.74, 6) is 1.26. The molecule has 31 heavy (non-hydrogen) atoms. The highest BCUT2D eigenvalue weighted by Gasteiger charge is 2.35. The standard InChI is InChI=1S/C24H33NO5S/c1-5-6-19(2)24(15-16-26)31(27,28)25(17-20-7-11-22(29-3)12-8-20)18-21-9-13-23(30-4)14-10-21/h5,7-14,19,24,26H,1,6,15-18H2,2-4H3/t19-,24-/m1/s1.